The third-order valence-electron chi connectivity index (χ3n) is 4.16. The molecule has 0 bridgehead atoms. The van der Waals surface area contributed by atoms with Gasteiger partial charge in [-0.3, -0.25) is 4.79 Å². The van der Waals surface area contributed by atoms with E-state index in [1.807, 2.05) is 20.9 Å². The predicted octanol–water partition coefficient (Wildman–Crippen LogP) is 3.44. The fourth-order valence-corrected chi connectivity index (χ4v) is 2.51. The van der Waals surface area contributed by atoms with Crippen LogP contribution in [0.25, 0.3) is 0 Å². The zero-order valence-electron chi connectivity index (χ0n) is 21.3. The number of amidine groups is 1. The Morgan fingerprint density at radius 2 is 1.69 bits per heavy atom. The van der Waals surface area contributed by atoms with Crippen LogP contribution >= 0.6 is 0 Å². The number of aliphatic hydroxyl groups excluding tert-OH is 1. The number of rotatable bonds is 9. The molecule has 0 radical (unpaired) electrons. The summed E-state index contributed by atoms with van der Waals surface area (Å²) in [6, 6.07) is 0. The van der Waals surface area contributed by atoms with Gasteiger partial charge in [0.2, 0.25) is 0 Å². The van der Waals surface area contributed by atoms with Crippen molar-refractivity contribution in [2.75, 3.05) is 27.3 Å². The van der Waals surface area contributed by atoms with Crippen molar-refractivity contribution in [1.82, 2.24) is 4.90 Å². The topological polar surface area (TPSA) is 132 Å². The second-order valence-electron chi connectivity index (χ2n) is 9.37. The van der Waals surface area contributed by atoms with Crippen LogP contribution in [0, 0.1) is 5.41 Å². The average Bonchev–Trinajstić information content (AvgIpc) is 2.64. The number of hydrogen-bond acceptors (Lipinski definition) is 6. The zero-order chi connectivity index (χ0) is 25.5. The Balaban J connectivity index is 0. The van der Waals surface area contributed by atoms with Gasteiger partial charge in [-0.1, -0.05) is 34.1 Å². The van der Waals surface area contributed by atoms with Crippen LogP contribution in [-0.2, 0) is 19.1 Å². The first-order valence-corrected chi connectivity index (χ1v) is 10.8. The van der Waals surface area contributed by atoms with Crippen LogP contribution in [-0.4, -0.2) is 66.7 Å². The quantitative estimate of drug-likeness (QED) is 0.235. The lowest BCUT2D eigenvalue weighted by atomic mass is 9.90. The molecule has 186 valence electrons. The Kier molecular flexibility index (Phi) is 15.3. The minimum Gasteiger partial charge on any atom is -0.466 e. The summed E-state index contributed by atoms with van der Waals surface area (Å²) in [6.07, 6.45) is 4.71. The summed E-state index contributed by atoms with van der Waals surface area (Å²) < 4.78 is 9.79. The third-order valence-corrected chi connectivity index (χ3v) is 4.16. The van der Waals surface area contributed by atoms with Crippen LogP contribution in [0.3, 0.4) is 0 Å². The number of methoxy groups -OCH3 is 1. The highest BCUT2D eigenvalue weighted by Gasteiger charge is 2.24. The maximum absolute atomic E-state index is 11.9. The first-order valence-electron chi connectivity index (χ1n) is 10.8. The van der Waals surface area contributed by atoms with Gasteiger partial charge in [-0.15, -0.1) is 0 Å². The van der Waals surface area contributed by atoms with Gasteiger partial charge < -0.3 is 25.2 Å². The van der Waals surface area contributed by atoms with E-state index in [-0.39, 0.29) is 23.1 Å². The summed E-state index contributed by atoms with van der Waals surface area (Å²) in [7, 11) is 2.97. The van der Waals surface area contributed by atoms with Gasteiger partial charge in [0.25, 0.3) is 5.91 Å². The van der Waals surface area contributed by atoms with E-state index in [9.17, 15) is 14.4 Å². The largest absolute Gasteiger partial charge is 0.466 e. The number of ether oxygens (including phenoxy) is 2. The third kappa shape index (κ3) is 17.3. The Labute approximate surface area is 193 Å². The maximum atomic E-state index is 11.9. The first-order chi connectivity index (χ1) is 14.6. The summed E-state index contributed by atoms with van der Waals surface area (Å²) in [5, 5.41) is 8.75. The van der Waals surface area contributed by atoms with Gasteiger partial charge in [-0.25, -0.2) is 9.59 Å². The number of nitrogens with zero attached hydrogens (tertiary/aromatic N) is 2. The molecule has 2 amide bonds. The van der Waals surface area contributed by atoms with Gasteiger partial charge >= 0.3 is 12.1 Å². The Morgan fingerprint density at radius 3 is 2.09 bits per heavy atom. The van der Waals surface area contributed by atoms with E-state index in [4.69, 9.17) is 15.6 Å². The van der Waals surface area contributed by atoms with Crippen LogP contribution in [0.1, 0.15) is 74.1 Å². The molecule has 0 aromatic heterocycles. The molecule has 0 spiro atoms. The Morgan fingerprint density at radius 1 is 1.12 bits per heavy atom. The van der Waals surface area contributed by atoms with E-state index in [1.54, 1.807) is 4.90 Å². The second-order valence-corrected chi connectivity index (χ2v) is 9.37. The monoisotopic (exact) mass is 457 g/mol. The lowest BCUT2D eigenvalue weighted by Crippen LogP contribution is -2.36. The first kappa shape index (κ1) is 31.8. The molecule has 0 fully saturated rings. The van der Waals surface area contributed by atoms with Crippen molar-refractivity contribution in [2.24, 2.45) is 16.1 Å². The van der Waals surface area contributed by atoms with E-state index in [0.29, 0.717) is 5.41 Å². The number of esters is 1. The minimum absolute atomic E-state index is 0.0548. The molecule has 0 aliphatic carbocycles. The molecule has 0 aromatic rings. The highest BCUT2D eigenvalue weighted by Crippen LogP contribution is 2.21. The molecular weight excluding hydrogens is 414 g/mol. The molecule has 9 heteroatoms. The van der Waals surface area contributed by atoms with Crippen LogP contribution in [0.5, 0.6) is 0 Å². The smallest absolute Gasteiger partial charge is 0.410 e. The van der Waals surface area contributed by atoms with Crippen molar-refractivity contribution in [3.63, 3.8) is 0 Å². The highest BCUT2D eigenvalue weighted by molar-refractivity contribution is 6.05. The number of hydrogen-bond donors (Lipinski definition) is 2. The molecule has 0 aliphatic heterocycles. The second kappa shape index (κ2) is 15.4. The van der Waals surface area contributed by atoms with Crippen LogP contribution in [0.2, 0.25) is 0 Å². The van der Waals surface area contributed by atoms with E-state index in [2.05, 4.69) is 37.4 Å². The number of aliphatic imine (C=N–C) groups is 1. The number of carbonyl (C=O) groups excluding carboxylic acids is 3. The predicted molar refractivity (Wildman–Crippen MR) is 126 cm³/mol. The lowest BCUT2D eigenvalue weighted by molar-refractivity contribution is -0.135. The van der Waals surface area contributed by atoms with Crippen LogP contribution in [0.4, 0.5) is 4.79 Å². The SMILES string of the molecule is CCCC(C)(C)OC(=O)N(C)CCCC(C)(C)C.COC(=O)/C=C(\CO)C(=O)N=C(C)N. The minimum atomic E-state index is -0.752. The van der Waals surface area contributed by atoms with Crippen LogP contribution in [0.15, 0.2) is 16.6 Å². The maximum Gasteiger partial charge on any atom is 0.410 e. The number of aliphatic hydroxyl groups is 1. The van der Waals surface area contributed by atoms with Crippen molar-refractivity contribution < 1.29 is 29.0 Å². The molecule has 9 nitrogen and oxygen atoms in total. The summed E-state index contributed by atoms with van der Waals surface area (Å²) in [5.41, 5.74) is 4.96. The van der Waals surface area contributed by atoms with E-state index in [0.717, 1.165) is 45.4 Å². The van der Waals surface area contributed by atoms with Gasteiger partial charge in [0, 0.05) is 19.7 Å². The molecule has 32 heavy (non-hydrogen) atoms. The van der Waals surface area contributed by atoms with Crippen LogP contribution < -0.4 is 5.73 Å². The Hall–Kier alpha value is -2.42. The van der Waals surface area contributed by atoms with Gasteiger partial charge in [0.1, 0.15) is 11.4 Å². The molecule has 0 heterocycles. The van der Waals surface area contributed by atoms with E-state index in [1.165, 1.54) is 6.92 Å². The van der Waals surface area contributed by atoms with Crippen molar-refractivity contribution in [3.05, 3.63) is 11.6 Å². The fourth-order valence-electron chi connectivity index (χ4n) is 2.51. The molecule has 0 aromatic carbocycles. The molecule has 0 atom stereocenters. The summed E-state index contributed by atoms with van der Waals surface area (Å²) >= 11 is 0. The number of nitrogens with two attached hydrogens (primary N) is 1. The van der Waals surface area contributed by atoms with Crippen molar-refractivity contribution in [1.29, 1.82) is 0 Å². The summed E-state index contributed by atoms with van der Waals surface area (Å²) in [4.78, 5) is 38.8. The van der Waals surface area contributed by atoms with Crippen molar-refractivity contribution in [2.45, 2.75) is 79.8 Å². The molecule has 3 N–H and O–H groups in total. The fraction of sp³-hybridized carbons (Fsp3) is 0.739. The van der Waals surface area contributed by atoms with Crippen molar-refractivity contribution >= 4 is 23.8 Å². The Bertz CT molecular complexity index is 659. The average molecular weight is 458 g/mol. The molecular formula is C23H43N3O6. The van der Waals surface area contributed by atoms with E-state index >= 15 is 0 Å². The van der Waals surface area contributed by atoms with Gasteiger partial charge in [-0.05, 0) is 45.4 Å². The number of carbonyl (C=O) groups is 3. The van der Waals surface area contributed by atoms with Gasteiger partial charge in [0.05, 0.1) is 19.3 Å². The normalized spacial score (nSPS) is 12.4. The molecule has 0 unspecified atom stereocenters. The molecule has 0 saturated carbocycles. The molecule has 0 saturated heterocycles. The number of amides is 2. The lowest BCUT2D eigenvalue weighted by Gasteiger charge is -2.28. The standard InChI is InChI=1S/C15H31NO2.C8H12N2O4/c1-8-10-15(5,6)18-13(17)16(7)12-9-11-14(2,3)4;1-5(9)10-8(13)6(4-11)3-7(12)14-2/h8-12H2,1-7H3;3,11H,4H2,1-2H3,(H2,9,10,13)/b;6-3+. The highest BCUT2D eigenvalue weighted by atomic mass is 16.6. The zero-order valence-corrected chi connectivity index (χ0v) is 21.3. The van der Waals surface area contributed by atoms with Gasteiger partial charge in [0.15, 0.2) is 0 Å². The van der Waals surface area contributed by atoms with E-state index < -0.39 is 18.5 Å². The van der Waals surface area contributed by atoms with Gasteiger partial charge in [-0.2, -0.15) is 4.99 Å². The van der Waals surface area contributed by atoms with Crippen molar-refractivity contribution in [3.8, 4) is 0 Å². The molecule has 0 aliphatic rings. The summed E-state index contributed by atoms with van der Waals surface area (Å²) in [6.45, 7) is 14.3. The summed E-state index contributed by atoms with van der Waals surface area (Å²) in [5.74, 6) is -1.43. The molecule has 0 rings (SSSR count).